The summed E-state index contributed by atoms with van der Waals surface area (Å²) in [6, 6.07) is 138. The van der Waals surface area contributed by atoms with Gasteiger partial charge in [0, 0.05) is 56.2 Å². The monoisotopic (exact) mass is 2310 g/mol. The topological polar surface area (TPSA) is 172 Å². The van der Waals surface area contributed by atoms with Crippen LogP contribution in [0.5, 0.6) is 23.0 Å². The van der Waals surface area contributed by atoms with E-state index in [0.717, 1.165) is 127 Å². The molecule has 4 aromatic heterocycles. The van der Waals surface area contributed by atoms with E-state index in [1.807, 2.05) is 337 Å². The normalized spacial score (nSPS) is 10.8. The van der Waals surface area contributed by atoms with Crippen molar-refractivity contribution in [2.75, 3.05) is 0 Å². The summed E-state index contributed by atoms with van der Waals surface area (Å²) in [5, 5.41) is 48.4. The fraction of sp³-hybridized carbons (Fsp3) is 0.148. The number of phenols is 4. The molecule has 20 aromatic rings. The number of aromatic nitrogens is 4. The van der Waals surface area contributed by atoms with E-state index in [-0.39, 0.29) is 27.7 Å². The van der Waals surface area contributed by atoms with Crippen LogP contribution in [0.4, 0.5) is 17.1 Å². The molecule has 734 valence electrons. The molecular formula is C128H122Cl3Mo2N7O4W-2. The molecule has 16 aromatic carbocycles. The van der Waals surface area contributed by atoms with Crippen molar-refractivity contribution in [3.63, 3.8) is 0 Å². The molecule has 0 unspecified atom stereocenters. The first-order valence-electron chi connectivity index (χ1n) is 48.0. The molecule has 0 aliphatic carbocycles. The SMILES string of the molecule is CC(C)([CH]=[Mo]=[N]c1ccccc1Cl)c1ccccc1.CC(C)([CH]=[W]=[N]c1c(Cl)cccc1Cl)c1ccccc1.CC(C)c1cccc(C(C)C)c1[N]=[Mo]=[CH]C(C)(C)c1ccccc1.Cc1ccc(C)[n-]1.Cc1ccc(C)[n-]1.Oc1c(-c2ccccc2)cccc1-c1ccccc1.Oc1c(-c2ccccc2)cccc1-c1ccccc1.Oc1cccc2ccc3cccnc3c12.Oc1cccc2ccc3cccnc3c12. The van der Waals surface area contributed by atoms with E-state index in [4.69, 9.17) is 38.3 Å². The summed E-state index contributed by atoms with van der Waals surface area (Å²) in [7, 11) is 0. The second-order valence-electron chi connectivity index (χ2n) is 36.7. The third-order valence-corrected chi connectivity index (χ3v) is 32.9. The zero-order valence-electron chi connectivity index (χ0n) is 84.2. The zero-order chi connectivity index (χ0) is 103. The van der Waals surface area contributed by atoms with Gasteiger partial charge in [0.25, 0.3) is 0 Å². The minimum atomic E-state index is -1.01. The maximum Gasteiger partial charge on any atom is 0.131 e. The molecule has 0 bridgehead atoms. The number of phenolic OH excluding ortho intramolecular Hbond substituents is 4. The van der Waals surface area contributed by atoms with Gasteiger partial charge in [-0.1, -0.05) is 270 Å². The molecule has 145 heavy (non-hydrogen) atoms. The largest absolute Gasteiger partial charge is 0.665 e. The molecular weight excluding hydrogens is 2180 g/mol. The van der Waals surface area contributed by atoms with Gasteiger partial charge in [-0.15, -0.1) is 0 Å². The number of fused-ring (bicyclic) bond motifs is 6. The number of aryl methyl sites for hydroxylation is 4. The van der Waals surface area contributed by atoms with Gasteiger partial charge >= 0.3 is 421 Å². The quantitative estimate of drug-likeness (QED) is 0.0580. The Morgan fingerprint density at radius 1 is 0.303 bits per heavy atom. The van der Waals surface area contributed by atoms with Crippen molar-refractivity contribution in [1.82, 2.24) is 19.9 Å². The molecule has 11 nitrogen and oxygen atoms in total. The van der Waals surface area contributed by atoms with E-state index in [9.17, 15) is 20.4 Å². The average Bonchev–Trinajstić information content (AvgIpc) is 1.33. The van der Waals surface area contributed by atoms with Crippen LogP contribution in [0, 0.1) is 27.7 Å². The molecule has 4 N–H and O–H groups in total. The number of aromatic hydroxyl groups is 4. The van der Waals surface area contributed by atoms with Crippen LogP contribution in [-0.2, 0) is 70.0 Å². The Labute approximate surface area is 894 Å². The summed E-state index contributed by atoms with van der Waals surface area (Å²) < 4.78 is 21.6. The summed E-state index contributed by atoms with van der Waals surface area (Å²) in [4.78, 5) is 16.8. The minimum absolute atomic E-state index is 0.0309. The second-order valence-corrected chi connectivity index (χ2v) is 43.3. The first-order valence-corrected chi connectivity index (χ1v) is 56.2. The van der Waals surface area contributed by atoms with Gasteiger partial charge < -0.3 is 30.4 Å². The standard InChI is InChI=1S/2C18H14O.2C13H9NO.C12H17N.3C10H12.C6H3Cl2N.C6H4ClN.2C6H8N.2Mo.W/c2*19-18-16(14-8-3-1-4-9-14)12-7-13-17(18)15-10-5-2-6-11-15;2*15-11-5-1-3-9-6-7-10-4-2-8-14-13(10)12(9)11;1-8(2)10-6-5-7-11(9(3)4)12(10)13;3*1-10(2,3)9-7-5-4-6-8-9;7-4-2-1-3-5(8)6(4)9;7-5-3-1-2-4-6(5)8;2*1-5-3-4-6(2)7-5;;;/h2*1-13,19H;2*1-8,15H;5-9H,1-4H3;3*1,4-8H,2-3H3;1-3H;1-4H;2*3-4H,1-2H3;;;/q;;;;;;;;;;2*-1;;;. The summed E-state index contributed by atoms with van der Waals surface area (Å²) in [6.07, 6.45) is 3.49. The number of pyridine rings is 2. The van der Waals surface area contributed by atoms with E-state index < -0.39 is 53.8 Å². The molecule has 17 heteroatoms. The van der Waals surface area contributed by atoms with E-state index in [0.29, 0.717) is 33.4 Å². The van der Waals surface area contributed by atoms with Gasteiger partial charge in [-0.25, -0.2) is 0 Å². The number of nitrogens with zero attached hydrogens (tertiary/aromatic N) is 7. The Morgan fingerprint density at radius 2 is 0.600 bits per heavy atom. The van der Waals surface area contributed by atoms with Crippen molar-refractivity contribution >= 4 is 108 Å². The summed E-state index contributed by atoms with van der Waals surface area (Å²) in [6.45, 7) is 30.5. The van der Waals surface area contributed by atoms with E-state index in [2.05, 4.69) is 206 Å². The molecule has 0 aliphatic rings. The number of hydrogen-bond donors (Lipinski definition) is 4. The first kappa shape index (κ1) is 110. The predicted molar refractivity (Wildman–Crippen MR) is 604 cm³/mol. The van der Waals surface area contributed by atoms with Crippen LogP contribution in [0.3, 0.4) is 0 Å². The second kappa shape index (κ2) is 55.0. The fourth-order valence-electron chi connectivity index (χ4n) is 15.6. The Morgan fingerprint density at radius 3 is 0.945 bits per heavy atom. The Kier molecular flexibility index (Phi) is 41.9. The molecule has 0 atom stereocenters. The van der Waals surface area contributed by atoms with Gasteiger partial charge in [0.05, 0.1) is 11.0 Å². The first-order chi connectivity index (χ1) is 69.9. The minimum Gasteiger partial charge on any atom is -0.665 e. The smallest absolute Gasteiger partial charge is 0.131 e. The molecule has 0 saturated carbocycles. The number of halogens is 3. The maximum atomic E-state index is 10.5. The van der Waals surface area contributed by atoms with Crippen LogP contribution in [0.25, 0.3) is 87.9 Å². The molecule has 4 heterocycles. The van der Waals surface area contributed by atoms with Gasteiger partial charge in [-0.2, -0.15) is 22.8 Å². The average molecular weight is 2300 g/mol. The van der Waals surface area contributed by atoms with Gasteiger partial charge in [0.2, 0.25) is 0 Å². The Bertz CT molecular complexity index is 7330. The van der Waals surface area contributed by atoms with Crippen LogP contribution in [0.1, 0.15) is 132 Å². The van der Waals surface area contributed by atoms with Crippen molar-refractivity contribution in [2.45, 2.75) is 125 Å². The number of para-hydroxylation sites is 2. The van der Waals surface area contributed by atoms with Gasteiger partial charge in [0.1, 0.15) is 23.0 Å². The van der Waals surface area contributed by atoms with Crippen molar-refractivity contribution < 1.29 is 74.2 Å². The Balaban J connectivity index is 0.000000148. The van der Waals surface area contributed by atoms with Gasteiger partial charge in [-0.3, -0.25) is 9.97 Å². The summed E-state index contributed by atoms with van der Waals surface area (Å²) >= 11 is 16.2. The molecule has 0 saturated heterocycles. The van der Waals surface area contributed by atoms with E-state index >= 15 is 0 Å². The molecule has 0 radical (unpaired) electrons. The van der Waals surface area contributed by atoms with Gasteiger partial charge in [0.15, 0.2) is 0 Å². The number of benzene rings is 16. The van der Waals surface area contributed by atoms with Crippen LogP contribution < -0.4 is 9.97 Å². The van der Waals surface area contributed by atoms with E-state index in [1.54, 1.807) is 24.5 Å². The summed E-state index contributed by atoms with van der Waals surface area (Å²) in [5.41, 5.74) is 23.5. The zero-order valence-corrected chi connectivity index (χ0v) is 93.4. The van der Waals surface area contributed by atoms with Crippen molar-refractivity contribution in [3.05, 3.63) is 497 Å². The third-order valence-electron chi connectivity index (χ3n) is 23.6. The molecule has 0 spiro atoms. The maximum absolute atomic E-state index is 10.5. The third kappa shape index (κ3) is 32.3. The molecule has 20 rings (SSSR count). The van der Waals surface area contributed by atoms with Crippen LogP contribution in [-0.4, -0.2) is 43.6 Å². The number of hydrogen-bond acceptors (Lipinski definition) is 9. The predicted octanol–water partition coefficient (Wildman–Crippen LogP) is 35.5. The van der Waals surface area contributed by atoms with Crippen molar-refractivity contribution in [3.8, 4) is 67.5 Å². The van der Waals surface area contributed by atoms with Crippen molar-refractivity contribution in [1.29, 1.82) is 0 Å². The molecule has 0 amide bonds. The molecule has 0 fully saturated rings. The fourth-order valence-corrected chi connectivity index (χ4v) is 23.2. The Hall–Kier alpha value is -13.4. The van der Waals surface area contributed by atoms with Crippen molar-refractivity contribution in [2.24, 2.45) is 10.5 Å². The summed E-state index contributed by atoms with van der Waals surface area (Å²) in [5.74, 6) is 2.27. The van der Waals surface area contributed by atoms with Crippen LogP contribution in [0.15, 0.2) is 441 Å². The number of rotatable bonds is 15. The van der Waals surface area contributed by atoms with Crippen LogP contribution in [0.2, 0.25) is 15.1 Å². The van der Waals surface area contributed by atoms with Gasteiger partial charge in [-0.05, 0) is 57.3 Å². The molecule has 0 aliphatic heterocycles. The van der Waals surface area contributed by atoms with Crippen LogP contribution >= 0.6 is 34.8 Å². The van der Waals surface area contributed by atoms with E-state index in [1.165, 1.54) is 33.5 Å².